The van der Waals surface area contributed by atoms with Gasteiger partial charge in [-0.05, 0) is 59.7 Å². The van der Waals surface area contributed by atoms with Crippen LogP contribution < -0.4 is 0 Å². The third-order valence-corrected chi connectivity index (χ3v) is 11.4. The Labute approximate surface area is 193 Å². The van der Waals surface area contributed by atoms with Gasteiger partial charge in [0.15, 0.2) is 11.5 Å². The Morgan fingerprint density at radius 3 is 1.43 bits per heavy atom. The van der Waals surface area contributed by atoms with Crippen LogP contribution in [0.1, 0.15) is 61.1 Å². The lowest BCUT2D eigenvalue weighted by atomic mass is 9.52. The quantitative estimate of drug-likeness (QED) is 0.314. The predicted molar refractivity (Wildman–Crippen MR) is 126 cm³/mol. The average molecular weight is 526 g/mol. The zero-order chi connectivity index (χ0) is 21.4. The van der Waals surface area contributed by atoms with Gasteiger partial charge in [-0.2, -0.15) is 0 Å². The van der Waals surface area contributed by atoms with Gasteiger partial charge in [0, 0.05) is 31.7 Å². The van der Waals surface area contributed by atoms with Crippen molar-refractivity contribution >= 4 is 31.9 Å². The monoisotopic (exact) mass is 524 g/mol. The van der Waals surface area contributed by atoms with Crippen molar-refractivity contribution in [1.82, 2.24) is 0 Å². The van der Waals surface area contributed by atoms with Gasteiger partial charge in [0.05, 0.1) is 4.47 Å². The molecule has 152 valence electrons. The second-order valence-electron chi connectivity index (χ2n) is 9.67. The number of hydrogen-bond donors (Lipinski definition) is 2. The molecule has 6 rings (SSSR count). The van der Waals surface area contributed by atoms with Crippen molar-refractivity contribution < 1.29 is 10.2 Å². The summed E-state index contributed by atoms with van der Waals surface area (Å²) in [6, 6.07) is 17.4. The Bertz CT molecular complexity index is 1220. The van der Waals surface area contributed by atoms with E-state index in [2.05, 4.69) is 108 Å². The number of benzene rings is 3. The Hall–Kier alpha value is -1.78. The van der Waals surface area contributed by atoms with Crippen molar-refractivity contribution in [2.45, 2.75) is 43.9 Å². The summed E-state index contributed by atoms with van der Waals surface area (Å²) >= 11 is 7.32. The maximum absolute atomic E-state index is 11.3. The number of phenols is 2. The zero-order valence-corrected chi connectivity index (χ0v) is 20.4. The van der Waals surface area contributed by atoms with E-state index in [4.69, 9.17) is 0 Å². The third kappa shape index (κ3) is 1.45. The topological polar surface area (TPSA) is 40.5 Å². The van der Waals surface area contributed by atoms with Gasteiger partial charge in [-0.1, -0.05) is 76.2 Å². The molecule has 3 aliphatic rings. The number of phenolic OH excluding ortho intramolecular Hbond substituents is 2. The lowest BCUT2D eigenvalue weighted by molar-refractivity contribution is 0.0986. The molecule has 0 saturated carbocycles. The Balaban J connectivity index is 1.96. The van der Waals surface area contributed by atoms with Gasteiger partial charge in [-0.3, -0.25) is 0 Å². The molecule has 0 unspecified atom stereocenters. The fraction of sp³-hybridized carbons (Fsp3) is 0.308. The first kappa shape index (κ1) is 18.9. The zero-order valence-electron chi connectivity index (χ0n) is 17.3. The van der Waals surface area contributed by atoms with Crippen LogP contribution >= 0.6 is 31.9 Å². The molecule has 0 saturated heterocycles. The summed E-state index contributed by atoms with van der Waals surface area (Å²) < 4.78 is 1.33. The van der Waals surface area contributed by atoms with Crippen LogP contribution in [0.3, 0.4) is 0 Å². The summed E-state index contributed by atoms with van der Waals surface area (Å²) in [4.78, 5) is 0. The summed E-state index contributed by atoms with van der Waals surface area (Å²) in [5.74, 6) is -0.121. The summed E-state index contributed by atoms with van der Waals surface area (Å²) in [6.45, 7) is 9.32. The van der Waals surface area contributed by atoms with E-state index in [0.717, 1.165) is 15.6 Å². The van der Waals surface area contributed by atoms with Crippen LogP contribution in [0, 0.1) is 5.41 Å². The van der Waals surface area contributed by atoms with Gasteiger partial charge >= 0.3 is 0 Å². The molecular weight excluding hydrogens is 504 g/mol. The first-order valence-electron chi connectivity index (χ1n) is 10.2. The van der Waals surface area contributed by atoms with E-state index < -0.39 is 5.41 Å². The summed E-state index contributed by atoms with van der Waals surface area (Å²) in [5.41, 5.74) is 5.74. The minimum atomic E-state index is -0.480. The van der Waals surface area contributed by atoms with E-state index in [1.165, 1.54) is 22.3 Å². The molecule has 3 aliphatic carbocycles. The van der Waals surface area contributed by atoms with Gasteiger partial charge in [-0.15, -0.1) is 0 Å². The normalized spacial score (nSPS) is 34.5. The van der Waals surface area contributed by atoms with Crippen molar-refractivity contribution in [3.8, 4) is 11.5 Å². The fourth-order valence-corrected chi connectivity index (χ4v) is 8.99. The molecular formula is C26H22Br2O2. The van der Waals surface area contributed by atoms with Crippen LogP contribution in [-0.2, 0) is 16.2 Å². The molecule has 0 spiro atoms. The van der Waals surface area contributed by atoms with Crippen molar-refractivity contribution in [2.24, 2.45) is 5.41 Å². The standard InChI is InChI=1S/C26H22Br2O2/c1-23-13-9-5-7-11-15(13)24(2)17-18(21(29)22(30)20(28)19(17)27)25(3,26(23,24)4)16-12-8-6-10-14(16)23/h5-12,29-30H,1-4H3/t23-,24+,25-,26+/m0/s1. The molecule has 2 N–H and O–H groups in total. The molecule has 4 atom stereocenters. The second-order valence-corrected chi connectivity index (χ2v) is 11.3. The van der Waals surface area contributed by atoms with Gasteiger partial charge < -0.3 is 10.2 Å². The summed E-state index contributed by atoms with van der Waals surface area (Å²) in [6.07, 6.45) is 0. The average Bonchev–Trinajstić information content (AvgIpc) is 3.11. The number of rotatable bonds is 0. The third-order valence-electron chi connectivity index (χ3n) is 9.34. The number of halogens is 2. The highest BCUT2D eigenvalue weighted by Gasteiger charge is 2.80. The highest BCUT2D eigenvalue weighted by atomic mass is 79.9. The molecule has 0 heterocycles. The number of fused-ring (bicyclic) bond motifs is 9. The minimum absolute atomic E-state index is 0.0176. The first-order valence-corrected chi connectivity index (χ1v) is 11.8. The molecule has 2 nitrogen and oxygen atoms in total. The van der Waals surface area contributed by atoms with Crippen molar-refractivity contribution in [3.05, 3.63) is 90.9 Å². The van der Waals surface area contributed by atoms with E-state index >= 15 is 0 Å². The van der Waals surface area contributed by atoms with E-state index in [9.17, 15) is 10.2 Å². The summed E-state index contributed by atoms with van der Waals surface area (Å²) in [5, 5.41) is 22.2. The van der Waals surface area contributed by atoms with E-state index in [1.807, 2.05) is 0 Å². The van der Waals surface area contributed by atoms with Crippen LogP contribution in [-0.4, -0.2) is 10.2 Å². The Morgan fingerprint density at radius 2 is 0.967 bits per heavy atom. The van der Waals surface area contributed by atoms with Gasteiger partial charge in [0.25, 0.3) is 0 Å². The van der Waals surface area contributed by atoms with Gasteiger partial charge in [0.2, 0.25) is 0 Å². The van der Waals surface area contributed by atoms with Gasteiger partial charge in [0.1, 0.15) is 0 Å². The molecule has 3 aromatic carbocycles. The summed E-state index contributed by atoms with van der Waals surface area (Å²) in [7, 11) is 0. The Kier molecular flexibility index (Phi) is 3.26. The van der Waals surface area contributed by atoms with E-state index in [0.29, 0.717) is 4.47 Å². The Morgan fingerprint density at radius 1 is 0.567 bits per heavy atom. The largest absolute Gasteiger partial charge is 0.504 e. The lowest BCUT2D eigenvalue weighted by Gasteiger charge is -2.49. The molecule has 4 heteroatoms. The van der Waals surface area contributed by atoms with Crippen LogP contribution in [0.2, 0.25) is 0 Å². The predicted octanol–water partition coefficient (Wildman–Crippen LogP) is 6.89. The van der Waals surface area contributed by atoms with Crippen molar-refractivity contribution in [2.75, 3.05) is 0 Å². The molecule has 0 aliphatic heterocycles. The van der Waals surface area contributed by atoms with Crippen molar-refractivity contribution in [3.63, 3.8) is 0 Å². The molecule has 30 heavy (non-hydrogen) atoms. The maximum atomic E-state index is 11.3. The number of aromatic hydroxyl groups is 2. The molecule has 0 bridgehead atoms. The molecule has 3 aromatic rings. The highest BCUT2D eigenvalue weighted by Crippen LogP contribution is 2.84. The maximum Gasteiger partial charge on any atom is 0.173 e. The molecule has 0 amide bonds. The fourth-order valence-electron chi connectivity index (χ4n) is 7.82. The minimum Gasteiger partial charge on any atom is -0.504 e. The lowest BCUT2D eigenvalue weighted by Crippen LogP contribution is -2.51. The highest BCUT2D eigenvalue weighted by molar-refractivity contribution is 9.13. The molecule has 0 fully saturated rings. The second kappa shape index (κ2) is 5.16. The smallest absolute Gasteiger partial charge is 0.173 e. The van der Waals surface area contributed by atoms with Crippen molar-refractivity contribution in [1.29, 1.82) is 0 Å². The SMILES string of the molecule is C[C@@]12c3ccccc3[C@@]3(C)c4c(O)c(O)c(Br)c(Br)c4[C@@](C)(c4ccccc41)[C@@]23C. The number of hydrogen-bond acceptors (Lipinski definition) is 2. The van der Waals surface area contributed by atoms with E-state index in [1.54, 1.807) is 0 Å². The van der Waals surface area contributed by atoms with Crippen LogP contribution in [0.5, 0.6) is 11.5 Å². The molecule has 0 radical (unpaired) electrons. The van der Waals surface area contributed by atoms with Gasteiger partial charge in [-0.25, -0.2) is 0 Å². The van der Waals surface area contributed by atoms with Crippen LogP contribution in [0.4, 0.5) is 0 Å². The van der Waals surface area contributed by atoms with Crippen LogP contribution in [0.25, 0.3) is 0 Å². The van der Waals surface area contributed by atoms with E-state index in [-0.39, 0.29) is 27.7 Å². The first-order chi connectivity index (χ1) is 14.1. The van der Waals surface area contributed by atoms with Crippen LogP contribution in [0.15, 0.2) is 57.5 Å². The molecule has 0 aromatic heterocycles.